The summed E-state index contributed by atoms with van der Waals surface area (Å²) in [6.07, 6.45) is 3.40. The number of nitrogens with one attached hydrogen (secondary N) is 1. The lowest BCUT2D eigenvalue weighted by atomic mass is 9.98. The number of benzene rings is 1. The summed E-state index contributed by atoms with van der Waals surface area (Å²) < 4.78 is 0. The van der Waals surface area contributed by atoms with E-state index in [0.29, 0.717) is 6.04 Å². The van der Waals surface area contributed by atoms with Crippen LogP contribution in [0.2, 0.25) is 0 Å². The first-order valence-corrected chi connectivity index (χ1v) is 8.83. The Morgan fingerprint density at radius 3 is 2.24 bits per heavy atom. The molecule has 1 nitrogen and oxygen atoms in total. The molecule has 0 aliphatic heterocycles. The van der Waals surface area contributed by atoms with Gasteiger partial charge in [0.25, 0.3) is 0 Å². The highest BCUT2D eigenvalue weighted by Crippen LogP contribution is 2.25. The quantitative estimate of drug-likeness (QED) is 0.740. The van der Waals surface area contributed by atoms with Gasteiger partial charge in [0.05, 0.1) is 0 Å². The molecule has 0 aliphatic rings. The summed E-state index contributed by atoms with van der Waals surface area (Å²) in [6, 6.07) is 11.9. The van der Waals surface area contributed by atoms with Crippen molar-refractivity contribution in [3.05, 3.63) is 56.8 Å². The summed E-state index contributed by atoms with van der Waals surface area (Å²) in [5.74, 6) is 0. The van der Waals surface area contributed by atoms with Crippen LogP contribution in [0.1, 0.15) is 52.8 Å². The van der Waals surface area contributed by atoms with Crippen LogP contribution in [-0.2, 0) is 12.8 Å². The van der Waals surface area contributed by atoms with Crippen molar-refractivity contribution in [2.75, 3.05) is 6.54 Å². The van der Waals surface area contributed by atoms with Gasteiger partial charge in [0.2, 0.25) is 0 Å². The molecule has 2 aromatic rings. The molecule has 0 saturated carbocycles. The number of hydrogen-bond acceptors (Lipinski definition) is 2. The van der Waals surface area contributed by atoms with Gasteiger partial charge in [0.15, 0.2) is 0 Å². The lowest BCUT2D eigenvalue weighted by molar-refractivity contribution is 0.532. The van der Waals surface area contributed by atoms with E-state index in [9.17, 15) is 0 Å². The van der Waals surface area contributed by atoms with Crippen molar-refractivity contribution in [1.29, 1.82) is 0 Å². The Hall–Kier alpha value is -1.12. The molecule has 0 radical (unpaired) electrons. The van der Waals surface area contributed by atoms with Crippen LogP contribution in [0.3, 0.4) is 0 Å². The van der Waals surface area contributed by atoms with E-state index >= 15 is 0 Å². The summed E-state index contributed by atoms with van der Waals surface area (Å²) >= 11 is 1.96. The minimum Gasteiger partial charge on any atom is -0.310 e. The van der Waals surface area contributed by atoms with Crippen LogP contribution in [0.15, 0.2) is 30.3 Å². The van der Waals surface area contributed by atoms with Crippen LogP contribution < -0.4 is 5.32 Å². The fourth-order valence-electron chi connectivity index (χ4n) is 2.76. The van der Waals surface area contributed by atoms with Crippen molar-refractivity contribution in [2.45, 2.75) is 53.0 Å². The first kappa shape index (κ1) is 16.3. The SMILES string of the molecule is CCCNC(Cc1ccc(CC)s1)c1cc(C)cc(C)c1. The predicted octanol–water partition coefficient (Wildman–Crippen LogP) is 5.21. The van der Waals surface area contributed by atoms with Crippen LogP contribution >= 0.6 is 11.3 Å². The molecular weight excluding hydrogens is 274 g/mol. The van der Waals surface area contributed by atoms with E-state index < -0.39 is 0 Å². The molecule has 0 fully saturated rings. The normalized spacial score (nSPS) is 12.6. The molecule has 1 atom stereocenters. The van der Waals surface area contributed by atoms with Crippen LogP contribution in [0.5, 0.6) is 0 Å². The largest absolute Gasteiger partial charge is 0.310 e. The fraction of sp³-hybridized carbons (Fsp3) is 0.474. The average Bonchev–Trinajstić information content (AvgIpc) is 2.90. The molecule has 0 saturated heterocycles. The maximum absolute atomic E-state index is 3.72. The van der Waals surface area contributed by atoms with Gasteiger partial charge in [-0.1, -0.05) is 43.2 Å². The average molecular weight is 301 g/mol. The Balaban J connectivity index is 2.20. The fourth-order valence-corrected chi connectivity index (χ4v) is 3.76. The van der Waals surface area contributed by atoms with E-state index in [4.69, 9.17) is 0 Å². The molecule has 1 unspecified atom stereocenters. The third-order valence-electron chi connectivity index (χ3n) is 3.76. The smallest absolute Gasteiger partial charge is 0.0368 e. The van der Waals surface area contributed by atoms with E-state index in [1.54, 1.807) is 0 Å². The standard InChI is InChI=1S/C19H27NS/c1-5-9-20-19(13-18-8-7-17(6-2)21-18)16-11-14(3)10-15(4)12-16/h7-8,10-12,19-20H,5-6,9,13H2,1-4H3. The number of hydrogen-bond donors (Lipinski definition) is 1. The van der Waals surface area contributed by atoms with E-state index in [1.165, 1.54) is 32.9 Å². The van der Waals surface area contributed by atoms with Gasteiger partial charge in [-0.25, -0.2) is 0 Å². The second-order valence-corrected chi connectivity index (χ2v) is 7.11. The third kappa shape index (κ3) is 4.69. The maximum atomic E-state index is 3.72. The van der Waals surface area contributed by atoms with Crippen molar-refractivity contribution in [2.24, 2.45) is 0 Å². The minimum atomic E-state index is 0.423. The second-order valence-electron chi connectivity index (χ2n) is 5.85. The Labute approximate surface area is 133 Å². The zero-order valence-electron chi connectivity index (χ0n) is 13.7. The summed E-state index contributed by atoms with van der Waals surface area (Å²) in [4.78, 5) is 2.97. The van der Waals surface area contributed by atoms with Gasteiger partial charge in [-0.2, -0.15) is 0 Å². The molecule has 21 heavy (non-hydrogen) atoms. The Kier molecular flexibility index (Phi) is 6.01. The number of thiophene rings is 1. The van der Waals surface area contributed by atoms with Gasteiger partial charge in [-0.15, -0.1) is 11.3 Å². The van der Waals surface area contributed by atoms with E-state index in [0.717, 1.165) is 19.4 Å². The van der Waals surface area contributed by atoms with Gasteiger partial charge in [-0.05, 0) is 50.9 Å². The third-order valence-corrected chi connectivity index (χ3v) is 5.01. The lowest BCUT2D eigenvalue weighted by Crippen LogP contribution is -2.24. The topological polar surface area (TPSA) is 12.0 Å². The molecule has 2 rings (SSSR count). The minimum absolute atomic E-state index is 0.423. The van der Waals surface area contributed by atoms with Crippen molar-refractivity contribution < 1.29 is 0 Å². The summed E-state index contributed by atoms with van der Waals surface area (Å²) in [5, 5.41) is 3.72. The van der Waals surface area contributed by atoms with Crippen LogP contribution in [0.4, 0.5) is 0 Å². The van der Waals surface area contributed by atoms with Crippen molar-refractivity contribution in [3.63, 3.8) is 0 Å². The maximum Gasteiger partial charge on any atom is 0.0368 e. The summed E-state index contributed by atoms with van der Waals surface area (Å²) in [7, 11) is 0. The van der Waals surface area contributed by atoms with Gasteiger partial charge in [-0.3, -0.25) is 0 Å². The van der Waals surface area contributed by atoms with Crippen molar-refractivity contribution >= 4 is 11.3 Å². The summed E-state index contributed by atoms with van der Waals surface area (Å²) in [5.41, 5.74) is 4.13. The molecule has 0 spiro atoms. The van der Waals surface area contributed by atoms with E-state index in [-0.39, 0.29) is 0 Å². The number of aryl methyl sites for hydroxylation is 3. The van der Waals surface area contributed by atoms with Gasteiger partial charge < -0.3 is 5.32 Å². The molecule has 0 aliphatic carbocycles. The predicted molar refractivity (Wildman–Crippen MR) is 94.4 cm³/mol. The first-order chi connectivity index (χ1) is 10.1. The Bertz CT molecular complexity index is 550. The highest BCUT2D eigenvalue weighted by Gasteiger charge is 2.13. The molecule has 0 amide bonds. The monoisotopic (exact) mass is 301 g/mol. The van der Waals surface area contributed by atoms with Crippen LogP contribution in [-0.4, -0.2) is 6.54 Å². The zero-order chi connectivity index (χ0) is 15.2. The highest BCUT2D eigenvalue weighted by atomic mass is 32.1. The van der Waals surface area contributed by atoms with Gasteiger partial charge >= 0.3 is 0 Å². The molecule has 1 aromatic heterocycles. The molecule has 1 aromatic carbocycles. The Morgan fingerprint density at radius 1 is 1.00 bits per heavy atom. The van der Waals surface area contributed by atoms with Crippen LogP contribution in [0, 0.1) is 13.8 Å². The van der Waals surface area contributed by atoms with Crippen molar-refractivity contribution in [1.82, 2.24) is 5.32 Å². The molecule has 2 heteroatoms. The second kappa shape index (κ2) is 7.77. The number of rotatable bonds is 7. The molecule has 0 bridgehead atoms. The molecule has 1 N–H and O–H groups in total. The summed E-state index contributed by atoms with van der Waals surface area (Å²) in [6.45, 7) is 9.91. The van der Waals surface area contributed by atoms with E-state index in [2.05, 4.69) is 63.3 Å². The molecular formula is C19H27NS. The first-order valence-electron chi connectivity index (χ1n) is 8.01. The molecule has 1 heterocycles. The van der Waals surface area contributed by atoms with Gasteiger partial charge in [0, 0.05) is 22.2 Å². The zero-order valence-corrected chi connectivity index (χ0v) is 14.5. The highest BCUT2D eigenvalue weighted by molar-refractivity contribution is 7.11. The molecule has 114 valence electrons. The van der Waals surface area contributed by atoms with Crippen molar-refractivity contribution in [3.8, 4) is 0 Å². The van der Waals surface area contributed by atoms with Gasteiger partial charge in [0.1, 0.15) is 0 Å². The lowest BCUT2D eigenvalue weighted by Gasteiger charge is -2.19. The van der Waals surface area contributed by atoms with E-state index in [1.807, 2.05) is 11.3 Å². The Morgan fingerprint density at radius 2 is 1.67 bits per heavy atom. The van der Waals surface area contributed by atoms with Crippen LogP contribution in [0.25, 0.3) is 0 Å².